The number of carbonyl (C=O) groups excluding carboxylic acids is 1. The van der Waals surface area contributed by atoms with Crippen LogP contribution in [0.2, 0.25) is 0 Å². The molecular weight excluding hydrogens is 478 g/mol. The fourth-order valence-electron chi connectivity index (χ4n) is 4.24. The van der Waals surface area contributed by atoms with Crippen LogP contribution in [-0.4, -0.2) is 59.7 Å². The molecule has 2 aromatic rings. The monoisotopic (exact) mass is 517 g/mol. The second kappa shape index (κ2) is 11.5. The third-order valence-electron chi connectivity index (χ3n) is 6.03. The Labute approximate surface area is 215 Å². The molecule has 36 heavy (non-hydrogen) atoms. The van der Waals surface area contributed by atoms with Gasteiger partial charge >= 0.3 is 0 Å². The molecule has 1 N–H and O–H groups in total. The van der Waals surface area contributed by atoms with E-state index in [1.807, 2.05) is 36.0 Å². The molecule has 1 atom stereocenters. The molecule has 0 bridgehead atoms. The van der Waals surface area contributed by atoms with Crippen molar-refractivity contribution < 1.29 is 22.7 Å². The number of anilines is 2. The summed E-state index contributed by atoms with van der Waals surface area (Å²) in [5.74, 6) is 0.643. The molecule has 198 valence electrons. The molecule has 1 amide bonds. The third kappa shape index (κ3) is 7.61. The van der Waals surface area contributed by atoms with E-state index in [0.29, 0.717) is 30.9 Å². The van der Waals surface area contributed by atoms with Crippen LogP contribution in [0.25, 0.3) is 0 Å². The van der Waals surface area contributed by atoms with Gasteiger partial charge < -0.3 is 19.3 Å². The van der Waals surface area contributed by atoms with Gasteiger partial charge in [-0.1, -0.05) is 20.8 Å². The van der Waals surface area contributed by atoms with E-state index >= 15 is 0 Å². The number of rotatable bonds is 10. The van der Waals surface area contributed by atoms with Crippen LogP contribution in [0.15, 0.2) is 47.4 Å². The summed E-state index contributed by atoms with van der Waals surface area (Å²) in [5, 5.41) is 0. The topological polar surface area (TPSA) is 88.2 Å². The molecule has 8 nitrogen and oxygen atoms in total. The lowest BCUT2D eigenvalue weighted by Gasteiger charge is -2.30. The Hall–Kier alpha value is -2.78. The van der Waals surface area contributed by atoms with Gasteiger partial charge in [-0.15, -0.1) is 0 Å². The quantitative estimate of drug-likeness (QED) is 0.499. The molecule has 0 saturated carbocycles. The van der Waals surface area contributed by atoms with Gasteiger partial charge in [-0.3, -0.25) is 9.52 Å². The van der Waals surface area contributed by atoms with Crippen LogP contribution in [0.3, 0.4) is 0 Å². The Morgan fingerprint density at radius 1 is 1.14 bits per heavy atom. The maximum absolute atomic E-state index is 13.3. The largest absolute Gasteiger partial charge is 0.497 e. The van der Waals surface area contributed by atoms with Crippen LogP contribution in [0.1, 0.15) is 45.6 Å². The number of sulfonamides is 1. The Morgan fingerprint density at radius 2 is 1.83 bits per heavy atom. The Morgan fingerprint density at radius 3 is 2.39 bits per heavy atom. The van der Waals surface area contributed by atoms with Gasteiger partial charge in [-0.25, -0.2) is 8.42 Å². The number of carbonyl (C=O) groups is 1. The first-order valence-corrected chi connectivity index (χ1v) is 13.7. The fourth-order valence-corrected chi connectivity index (χ4v) is 5.29. The molecule has 0 spiro atoms. The minimum Gasteiger partial charge on any atom is -0.497 e. The summed E-state index contributed by atoms with van der Waals surface area (Å²) >= 11 is 0. The zero-order chi connectivity index (χ0) is 26.5. The number of amides is 1. The molecule has 1 saturated heterocycles. The van der Waals surface area contributed by atoms with Gasteiger partial charge in [-0.05, 0) is 66.3 Å². The van der Waals surface area contributed by atoms with Gasteiger partial charge in [0.05, 0.1) is 18.1 Å². The number of methoxy groups -OCH3 is 1. The molecule has 1 fully saturated rings. The summed E-state index contributed by atoms with van der Waals surface area (Å²) in [6.45, 7) is 7.75. The van der Waals surface area contributed by atoms with Crippen LogP contribution in [0.5, 0.6) is 5.75 Å². The van der Waals surface area contributed by atoms with Crippen LogP contribution in [-0.2, 0) is 26.1 Å². The zero-order valence-electron chi connectivity index (χ0n) is 22.2. The van der Waals surface area contributed by atoms with Gasteiger partial charge in [0.1, 0.15) is 5.75 Å². The van der Waals surface area contributed by atoms with E-state index in [0.717, 1.165) is 30.7 Å². The van der Waals surface area contributed by atoms with Crippen molar-refractivity contribution in [2.45, 2.75) is 57.6 Å². The second-order valence-electron chi connectivity index (χ2n) is 10.7. The summed E-state index contributed by atoms with van der Waals surface area (Å²) in [5.41, 5.74) is 2.07. The average molecular weight is 518 g/mol. The molecular formula is C27H39N3O5S. The molecule has 1 aliphatic heterocycles. The highest BCUT2D eigenvalue weighted by molar-refractivity contribution is 7.92. The van der Waals surface area contributed by atoms with E-state index in [2.05, 4.69) is 25.5 Å². The van der Waals surface area contributed by atoms with E-state index in [4.69, 9.17) is 9.47 Å². The molecule has 2 aromatic carbocycles. The van der Waals surface area contributed by atoms with Crippen molar-refractivity contribution in [3.05, 3.63) is 48.0 Å². The molecule has 0 aromatic heterocycles. The van der Waals surface area contributed by atoms with Crippen molar-refractivity contribution in [1.29, 1.82) is 0 Å². The van der Waals surface area contributed by atoms with Gasteiger partial charge in [0.15, 0.2) is 0 Å². The summed E-state index contributed by atoms with van der Waals surface area (Å²) in [4.78, 5) is 17.3. The highest BCUT2D eigenvalue weighted by atomic mass is 32.2. The van der Waals surface area contributed by atoms with Crippen molar-refractivity contribution in [2.75, 3.05) is 44.0 Å². The molecule has 1 heterocycles. The standard InChI is InChI=1S/C27H39N3O5S/c1-27(2,3)17-26(31)30(19-23-8-7-15-35-23)18-20-16-21(9-14-25(20)29(4)5)28-36(32,33)24-12-10-22(34-6)11-13-24/h9-14,16,23,28H,7-8,15,17-19H2,1-6H3. The van der Waals surface area contributed by atoms with E-state index in [1.165, 1.54) is 19.2 Å². The predicted molar refractivity (Wildman–Crippen MR) is 143 cm³/mol. The van der Waals surface area contributed by atoms with E-state index in [9.17, 15) is 13.2 Å². The SMILES string of the molecule is COc1ccc(S(=O)(=O)Nc2ccc(N(C)C)c(CN(CC3CCCO3)C(=O)CC(C)(C)C)c2)cc1. The van der Waals surface area contributed by atoms with Crippen molar-refractivity contribution in [3.8, 4) is 5.75 Å². The molecule has 9 heteroatoms. The summed E-state index contributed by atoms with van der Waals surface area (Å²) in [6.07, 6.45) is 2.37. The fraction of sp³-hybridized carbons (Fsp3) is 0.519. The number of nitrogens with zero attached hydrogens (tertiary/aromatic N) is 2. The first-order chi connectivity index (χ1) is 16.9. The number of hydrogen-bond donors (Lipinski definition) is 1. The minimum atomic E-state index is -3.80. The number of benzene rings is 2. The Kier molecular flexibility index (Phi) is 8.89. The highest BCUT2D eigenvalue weighted by Gasteiger charge is 2.27. The lowest BCUT2D eigenvalue weighted by molar-refractivity contribution is -0.135. The van der Waals surface area contributed by atoms with Gasteiger partial charge in [0, 0.05) is 51.6 Å². The summed E-state index contributed by atoms with van der Waals surface area (Å²) < 4.78 is 39.6. The summed E-state index contributed by atoms with van der Waals surface area (Å²) in [6, 6.07) is 11.7. The molecule has 0 aliphatic carbocycles. The van der Waals surface area contributed by atoms with Gasteiger partial charge in [-0.2, -0.15) is 0 Å². The van der Waals surface area contributed by atoms with Crippen molar-refractivity contribution >= 4 is 27.3 Å². The molecule has 0 radical (unpaired) electrons. The van der Waals surface area contributed by atoms with Gasteiger partial charge in [0.2, 0.25) is 5.91 Å². The van der Waals surface area contributed by atoms with E-state index in [1.54, 1.807) is 18.2 Å². The maximum Gasteiger partial charge on any atom is 0.261 e. The van der Waals surface area contributed by atoms with Crippen LogP contribution in [0, 0.1) is 5.41 Å². The number of hydrogen-bond acceptors (Lipinski definition) is 6. The normalized spacial score (nSPS) is 16.0. The van der Waals surface area contributed by atoms with Crippen molar-refractivity contribution in [3.63, 3.8) is 0 Å². The van der Waals surface area contributed by atoms with E-state index in [-0.39, 0.29) is 22.3 Å². The average Bonchev–Trinajstić information content (AvgIpc) is 3.30. The van der Waals surface area contributed by atoms with Crippen molar-refractivity contribution in [1.82, 2.24) is 4.90 Å². The van der Waals surface area contributed by atoms with E-state index < -0.39 is 10.0 Å². The third-order valence-corrected chi connectivity index (χ3v) is 7.42. The first kappa shape index (κ1) is 27.8. The summed E-state index contributed by atoms with van der Waals surface area (Å²) in [7, 11) is 1.60. The second-order valence-corrected chi connectivity index (χ2v) is 12.3. The number of ether oxygens (including phenoxy) is 2. The van der Waals surface area contributed by atoms with Gasteiger partial charge in [0.25, 0.3) is 10.0 Å². The zero-order valence-corrected chi connectivity index (χ0v) is 23.0. The van der Waals surface area contributed by atoms with Crippen LogP contribution < -0.4 is 14.4 Å². The smallest absolute Gasteiger partial charge is 0.261 e. The maximum atomic E-state index is 13.3. The Bertz CT molecular complexity index is 1130. The Balaban J connectivity index is 1.89. The highest BCUT2D eigenvalue weighted by Crippen LogP contribution is 2.29. The number of nitrogens with one attached hydrogen (secondary N) is 1. The minimum absolute atomic E-state index is 0.0217. The lowest BCUT2D eigenvalue weighted by Crippen LogP contribution is -2.38. The van der Waals surface area contributed by atoms with Crippen molar-refractivity contribution in [2.24, 2.45) is 5.41 Å². The first-order valence-electron chi connectivity index (χ1n) is 12.2. The predicted octanol–water partition coefficient (Wildman–Crippen LogP) is 4.51. The molecule has 3 rings (SSSR count). The molecule has 1 aliphatic rings. The molecule has 1 unspecified atom stereocenters. The van der Waals surface area contributed by atoms with Crippen LogP contribution >= 0.6 is 0 Å². The van der Waals surface area contributed by atoms with Crippen LogP contribution in [0.4, 0.5) is 11.4 Å². The lowest BCUT2D eigenvalue weighted by atomic mass is 9.91.